The van der Waals surface area contributed by atoms with Gasteiger partial charge in [-0.3, -0.25) is 0 Å². The first-order valence-electron chi connectivity index (χ1n) is 19.3. The molecule has 0 radical (unpaired) electrons. The van der Waals surface area contributed by atoms with Gasteiger partial charge in [-0.2, -0.15) is 0 Å². The van der Waals surface area contributed by atoms with Crippen LogP contribution in [0.15, 0.2) is 212 Å². The quantitative estimate of drug-likeness (QED) is 0.156. The van der Waals surface area contributed by atoms with Crippen molar-refractivity contribution in [1.82, 2.24) is 0 Å². The van der Waals surface area contributed by atoms with E-state index in [2.05, 4.69) is 217 Å². The van der Waals surface area contributed by atoms with E-state index < -0.39 is 0 Å². The second kappa shape index (κ2) is 14.1. The lowest BCUT2D eigenvalue weighted by Gasteiger charge is -2.26. The highest BCUT2D eigenvalue weighted by atomic mass is 32.1. The van der Waals surface area contributed by atoms with Crippen LogP contribution in [0.5, 0.6) is 0 Å². The Morgan fingerprint density at radius 2 is 0.579 bits per heavy atom. The van der Waals surface area contributed by atoms with Crippen LogP contribution in [0.1, 0.15) is 0 Å². The third kappa shape index (κ3) is 6.00. The molecule has 0 unspecified atom stereocenters. The van der Waals surface area contributed by atoms with Crippen LogP contribution >= 0.6 is 22.7 Å². The fourth-order valence-corrected chi connectivity index (χ4v) is 10.7. The van der Waals surface area contributed by atoms with Crippen molar-refractivity contribution >= 4 is 80.1 Å². The zero-order valence-electron chi connectivity index (χ0n) is 31.0. The lowest BCUT2D eigenvalue weighted by molar-refractivity contribution is 1.28. The Hall–Kier alpha value is -6.78. The van der Waals surface area contributed by atoms with Gasteiger partial charge < -0.3 is 4.90 Å². The number of nitrogens with zero attached hydrogens (tertiary/aromatic N) is 1. The number of hydrogen-bond acceptors (Lipinski definition) is 3. The number of anilines is 3. The Morgan fingerprint density at radius 1 is 0.246 bits per heavy atom. The predicted molar refractivity (Wildman–Crippen MR) is 249 cm³/mol. The molecule has 0 fully saturated rings. The molecule has 2 heterocycles. The first kappa shape index (κ1) is 33.5. The van der Waals surface area contributed by atoms with Gasteiger partial charge >= 0.3 is 0 Å². The van der Waals surface area contributed by atoms with Crippen LogP contribution in [0.3, 0.4) is 0 Å². The second-order valence-corrected chi connectivity index (χ2v) is 16.6. The first-order chi connectivity index (χ1) is 28.2. The van der Waals surface area contributed by atoms with Crippen molar-refractivity contribution in [2.45, 2.75) is 0 Å². The second-order valence-electron chi connectivity index (χ2n) is 14.5. The summed E-state index contributed by atoms with van der Waals surface area (Å²) in [6, 6.07) is 77.4. The van der Waals surface area contributed by atoms with Gasteiger partial charge in [-0.1, -0.05) is 164 Å². The molecule has 0 saturated heterocycles. The van der Waals surface area contributed by atoms with E-state index in [1.165, 1.54) is 84.9 Å². The Bertz CT molecular complexity index is 3040. The molecular formula is C54H35NS2. The Labute approximate surface area is 340 Å². The predicted octanol–water partition coefficient (Wildman–Crippen LogP) is 16.6. The summed E-state index contributed by atoms with van der Waals surface area (Å²) in [5.74, 6) is 0. The number of rotatable bonds is 7. The maximum absolute atomic E-state index is 2.37. The Morgan fingerprint density at radius 3 is 1.02 bits per heavy atom. The maximum atomic E-state index is 2.37. The molecule has 0 aliphatic heterocycles. The minimum atomic E-state index is 1.11. The Kier molecular flexibility index (Phi) is 8.28. The summed E-state index contributed by atoms with van der Waals surface area (Å²) in [7, 11) is 0. The van der Waals surface area contributed by atoms with E-state index in [9.17, 15) is 0 Å². The standard InChI is InChI=1S/C54H35NS2/c1-2-10-36(11-3-1)37-20-22-38(23-21-37)39-24-30-42(31-25-39)55(43-32-26-40(27-33-43)45-14-8-16-49-47-12-4-6-18-51(47)56-53(45)49)44-34-28-41(29-35-44)46-15-9-17-50-48-13-5-7-19-52(48)57-54(46)50/h1-35H. The van der Waals surface area contributed by atoms with E-state index >= 15 is 0 Å². The molecular weight excluding hydrogens is 727 g/mol. The fraction of sp³-hybridized carbons (Fsp3) is 0. The molecule has 268 valence electrons. The lowest BCUT2D eigenvalue weighted by Crippen LogP contribution is -2.09. The van der Waals surface area contributed by atoms with Crippen LogP contribution in [0.4, 0.5) is 17.1 Å². The van der Waals surface area contributed by atoms with E-state index in [1.807, 2.05) is 22.7 Å². The summed E-state index contributed by atoms with van der Waals surface area (Å²) in [6.45, 7) is 0. The van der Waals surface area contributed by atoms with Gasteiger partial charge in [0.25, 0.3) is 0 Å². The van der Waals surface area contributed by atoms with Gasteiger partial charge in [0.15, 0.2) is 0 Å². The molecule has 0 bridgehead atoms. The van der Waals surface area contributed by atoms with E-state index in [-0.39, 0.29) is 0 Å². The van der Waals surface area contributed by atoms with Gasteiger partial charge in [-0.15, -0.1) is 22.7 Å². The largest absolute Gasteiger partial charge is 0.311 e. The topological polar surface area (TPSA) is 3.24 Å². The fourth-order valence-electron chi connectivity index (χ4n) is 8.27. The van der Waals surface area contributed by atoms with E-state index in [1.54, 1.807) is 0 Å². The van der Waals surface area contributed by atoms with E-state index in [4.69, 9.17) is 0 Å². The highest BCUT2D eigenvalue weighted by Crippen LogP contribution is 2.43. The monoisotopic (exact) mass is 761 g/mol. The van der Waals surface area contributed by atoms with Crippen LogP contribution in [-0.2, 0) is 0 Å². The molecule has 0 aliphatic carbocycles. The summed E-state index contributed by atoms with van der Waals surface area (Å²) >= 11 is 3.76. The van der Waals surface area contributed by atoms with Crippen molar-refractivity contribution in [3.8, 4) is 44.5 Å². The maximum Gasteiger partial charge on any atom is 0.0462 e. The molecule has 0 atom stereocenters. The molecule has 0 N–H and O–H groups in total. The van der Waals surface area contributed by atoms with Crippen LogP contribution < -0.4 is 4.90 Å². The number of fused-ring (bicyclic) bond motifs is 6. The molecule has 0 spiro atoms. The van der Waals surface area contributed by atoms with Gasteiger partial charge in [0.2, 0.25) is 0 Å². The van der Waals surface area contributed by atoms with Gasteiger partial charge in [-0.25, -0.2) is 0 Å². The molecule has 57 heavy (non-hydrogen) atoms. The molecule has 0 amide bonds. The van der Waals surface area contributed by atoms with Crippen LogP contribution in [0.2, 0.25) is 0 Å². The molecule has 2 aromatic heterocycles. The van der Waals surface area contributed by atoms with E-state index in [0.29, 0.717) is 0 Å². The molecule has 3 heteroatoms. The summed E-state index contributed by atoms with van der Waals surface area (Å²) in [5, 5.41) is 5.29. The van der Waals surface area contributed by atoms with Crippen LogP contribution in [-0.4, -0.2) is 0 Å². The van der Waals surface area contributed by atoms with Crippen molar-refractivity contribution in [1.29, 1.82) is 0 Å². The highest BCUT2D eigenvalue weighted by molar-refractivity contribution is 7.26. The molecule has 9 aromatic carbocycles. The summed E-state index contributed by atoms with van der Waals surface area (Å²) in [6.07, 6.45) is 0. The lowest BCUT2D eigenvalue weighted by atomic mass is 9.99. The smallest absolute Gasteiger partial charge is 0.0462 e. The average molecular weight is 762 g/mol. The highest BCUT2D eigenvalue weighted by Gasteiger charge is 2.16. The Balaban J connectivity index is 0.972. The summed E-state index contributed by atoms with van der Waals surface area (Å²) in [4.78, 5) is 2.37. The number of hydrogen-bond donors (Lipinski definition) is 0. The van der Waals surface area contributed by atoms with Gasteiger partial charge in [-0.05, 0) is 93.0 Å². The van der Waals surface area contributed by atoms with E-state index in [0.717, 1.165) is 17.1 Å². The molecule has 0 aliphatic rings. The normalized spacial score (nSPS) is 11.5. The SMILES string of the molecule is c1ccc(-c2ccc(-c3ccc(N(c4ccc(-c5cccc6c5sc5ccccc56)cc4)c4ccc(-c5cccc6c5sc5ccccc56)cc4)cc3)cc2)cc1. The number of thiophene rings is 2. The van der Waals surface area contributed by atoms with Crippen LogP contribution in [0.25, 0.3) is 84.9 Å². The van der Waals surface area contributed by atoms with Gasteiger partial charge in [0.05, 0.1) is 0 Å². The minimum absolute atomic E-state index is 1.11. The summed E-state index contributed by atoms with van der Waals surface area (Å²) in [5.41, 5.74) is 13.2. The minimum Gasteiger partial charge on any atom is -0.311 e. The zero-order valence-corrected chi connectivity index (χ0v) is 32.6. The van der Waals surface area contributed by atoms with Crippen molar-refractivity contribution in [3.63, 3.8) is 0 Å². The third-order valence-electron chi connectivity index (χ3n) is 11.1. The zero-order chi connectivity index (χ0) is 37.7. The first-order valence-corrected chi connectivity index (χ1v) is 21.0. The molecule has 11 aromatic rings. The van der Waals surface area contributed by atoms with Crippen LogP contribution in [0, 0.1) is 0 Å². The summed E-state index contributed by atoms with van der Waals surface area (Å²) < 4.78 is 5.32. The van der Waals surface area contributed by atoms with Crippen molar-refractivity contribution in [2.75, 3.05) is 4.90 Å². The van der Waals surface area contributed by atoms with Gasteiger partial charge in [0, 0.05) is 57.4 Å². The molecule has 1 nitrogen and oxygen atoms in total. The van der Waals surface area contributed by atoms with Crippen molar-refractivity contribution < 1.29 is 0 Å². The third-order valence-corrected chi connectivity index (χ3v) is 13.6. The molecule has 0 saturated carbocycles. The number of benzene rings is 9. The molecule has 11 rings (SSSR count). The van der Waals surface area contributed by atoms with Crippen molar-refractivity contribution in [2.24, 2.45) is 0 Å². The van der Waals surface area contributed by atoms with Gasteiger partial charge in [0.1, 0.15) is 0 Å². The van der Waals surface area contributed by atoms with Crippen molar-refractivity contribution in [3.05, 3.63) is 212 Å². The average Bonchev–Trinajstić information content (AvgIpc) is 3.87.